The average Bonchev–Trinajstić information content (AvgIpc) is 2.66. The van der Waals surface area contributed by atoms with E-state index in [0.29, 0.717) is 0 Å². The lowest BCUT2D eigenvalue weighted by molar-refractivity contribution is 0.671. The van der Waals surface area contributed by atoms with Crippen molar-refractivity contribution in [3.05, 3.63) is 71.2 Å². The molecule has 0 amide bonds. The molecule has 3 aromatic rings. The van der Waals surface area contributed by atoms with Crippen molar-refractivity contribution in [1.29, 1.82) is 0 Å². The first-order valence-electron chi connectivity index (χ1n) is 9.16. The average molecular weight is 346 g/mol. The molecule has 1 N–H and O–H groups in total. The van der Waals surface area contributed by atoms with E-state index in [1.165, 1.54) is 16.7 Å². The van der Waals surface area contributed by atoms with Crippen molar-refractivity contribution in [2.24, 2.45) is 0 Å². The Labute approximate surface area is 155 Å². The minimum atomic E-state index is 0.190. The molecule has 4 nitrogen and oxygen atoms in total. The van der Waals surface area contributed by atoms with Crippen LogP contribution in [0.5, 0.6) is 0 Å². The molecule has 0 radical (unpaired) electrons. The maximum Gasteiger partial charge on any atom is 0.161 e. The van der Waals surface area contributed by atoms with Crippen LogP contribution in [0.4, 0.5) is 5.82 Å². The molecule has 0 aliphatic heterocycles. The molecule has 0 aliphatic carbocycles. The SMILES string of the molecule is CCCC(Nc1nc(-c2ccc(C)c(C)c2)ncc1C)c1cccnc1. The van der Waals surface area contributed by atoms with Crippen LogP contribution < -0.4 is 5.32 Å². The highest BCUT2D eigenvalue weighted by Gasteiger charge is 2.14. The molecule has 1 aromatic carbocycles. The second-order valence-corrected chi connectivity index (χ2v) is 6.80. The van der Waals surface area contributed by atoms with Gasteiger partial charge in [0.05, 0.1) is 6.04 Å². The van der Waals surface area contributed by atoms with Crippen molar-refractivity contribution in [2.75, 3.05) is 5.32 Å². The number of benzene rings is 1. The first kappa shape index (κ1) is 18.1. The van der Waals surface area contributed by atoms with Crippen molar-refractivity contribution in [3.63, 3.8) is 0 Å². The van der Waals surface area contributed by atoms with E-state index in [9.17, 15) is 0 Å². The Morgan fingerprint density at radius 3 is 2.54 bits per heavy atom. The highest BCUT2D eigenvalue weighted by molar-refractivity contribution is 5.60. The summed E-state index contributed by atoms with van der Waals surface area (Å²) in [5.74, 6) is 1.64. The van der Waals surface area contributed by atoms with Crippen molar-refractivity contribution in [1.82, 2.24) is 15.0 Å². The summed E-state index contributed by atoms with van der Waals surface area (Å²) >= 11 is 0. The molecule has 1 atom stereocenters. The molecule has 2 heterocycles. The van der Waals surface area contributed by atoms with E-state index in [0.717, 1.165) is 35.6 Å². The molecule has 26 heavy (non-hydrogen) atoms. The molecule has 0 saturated carbocycles. The van der Waals surface area contributed by atoms with Gasteiger partial charge < -0.3 is 5.32 Å². The Hall–Kier alpha value is -2.75. The van der Waals surface area contributed by atoms with E-state index in [1.807, 2.05) is 25.4 Å². The number of nitrogens with zero attached hydrogens (tertiary/aromatic N) is 3. The first-order chi connectivity index (χ1) is 12.6. The molecule has 0 bridgehead atoms. The fourth-order valence-corrected chi connectivity index (χ4v) is 2.97. The summed E-state index contributed by atoms with van der Waals surface area (Å²) in [4.78, 5) is 13.6. The predicted molar refractivity (Wildman–Crippen MR) is 107 cm³/mol. The summed E-state index contributed by atoms with van der Waals surface area (Å²) in [6.45, 7) is 8.47. The molecule has 1 unspecified atom stereocenters. The number of nitrogens with one attached hydrogen (secondary N) is 1. The third-order valence-electron chi connectivity index (χ3n) is 4.71. The Bertz CT molecular complexity index is 875. The molecule has 0 fully saturated rings. The summed E-state index contributed by atoms with van der Waals surface area (Å²) in [6, 6.07) is 10.6. The smallest absolute Gasteiger partial charge is 0.161 e. The minimum absolute atomic E-state index is 0.190. The zero-order valence-electron chi connectivity index (χ0n) is 16.0. The van der Waals surface area contributed by atoms with E-state index in [4.69, 9.17) is 4.98 Å². The maximum atomic E-state index is 4.82. The number of anilines is 1. The van der Waals surface area contributed by atoms with Gasteiger partial charge in [-0.3, -0.25) is 4.98 Å². The third kappa shape index (κ3) is 4.07. The van der Waals surface area contributed by atoms with Gasteiger partial charge in [0.15, 0.2) is 5.82 Å². The highest BCUT2D eigenvalue weighted by Crippen LogP contribution is 2.26. The quantitative estimate of drug-likeness (QED) is 0.648. The van der Waals surface area contributed by atoms with E-state index in [1.54, 1.807) is 6.20 Å². The lowest BCUT2D eigenvalue weighted by atomic mass is 10.0. The molecule has 0 aliphatic rings. The summed E-state index contributed by atoms with van der Waals surface area (Å²) in [5.41, 5.74) is 5.80. The Morgan fingerprint density at radius 1 is 1.00 bits per heavy atom. The second kappa shape index (κ2) is 8.09. The number of rotatable bonds is 6. The van der Waals surface area contributed by atoms with E-state index >= 15 is 0 Å². The van der Waals surface area contributed by atoms with Crippen LogP contribution in [0.3, 0.4) is 0 Å². The predicted octanol–water partition coefficient (Wildman–Crippen LogP) is 5.42. The monoisotopic (exact) mass is 346 g/mol. The lowest BCUT2D eigenvalue weighted by Crippen LogP contribution is -2.13. The largest absolute Gasteiger partial charge is 0.363 e. The number of hydrogen-bond donors (Lipinski definition) is 1. The van der Waals surface area contributed by atoms with Gasteiger partial charge in [0, 0.05) is 29.7 Å². The standard InChI is InChI=1S/C22H26N4/c1-5-7-20(19-8-6-11-23-14-19)25-21-17(4)13-24-22(26-21)18-10-9-15(2)16(3)12-18/h6,8-14,20H,5,7H2,1-4H3,(H,24,25,26). The van der Waals surface area contributed by atoms with Crippen molar-refractivity contribution in [3.8, 4) is 11.4 Å². The van der Waals surface area contributed by atoms with Crippen molar-refractivity contribution >= 4 is 5.82 Å². The summed E-state index contributed by atoms with van der Waals surface area (Å²) in [6.07, 6.45) is 7.73. The van der Waals surface area contributed by atoms with Gasteiger partial charge in [0.2, 0.25) is 0 Å². The van der Waals surface area contributed by atoms with Crippen LogP contribution in [0.1, 0.15) is 48.1 Å². The fourth-order valence-electron chi connectivity index (χ4n) is 2.97. The second-order valence-electron chi connectivity index (χ2n) is 6.80. The molecular formula is C22H26N4. The minimum Gasteiger partial charge on any atom is -0.363 e. The van der Waals surface area contributed by atoms with E-state index in [2.05, 4.69) is 60.3 Å². The van der Waals surface area contributed by atoms with Crippen LogP contribution in [-0.4, -0.2) is 15.0 Å². The van der Waals surface area contributed by atoms with Crippen LogP contribution >= 0.6 is 0 Å². The van der Waals surface area contributed by atoms with Gasteiger partial charge in [0.25, 0.3) is 0 Å². The number of hydrogen-bond acceptors (Lipinski definition) is 4. The first-order valence-corrected chi connectivity index (χ1v) is 9.16. The number of aromatic nitrogens is 3. The Kier molecular flexibility index (Phi) is 5.61. The Balaban J connectivity index is 1.92. The van der Waals surface area contributed by atoms with E-state index < -0.39 is 0 Å². The van der Waals surface area contributed by atoms with Gasteiger partial charge in [-0.05, 0) is 56.0 Å². The van der Waals surface area contributed by atoms with Gasteiger partial charge in [0.1, 0.15) is 5.82 Å². The topological polar surface area (TPSA) is 50.7 Å². The summed E-state index contributed by atoms with van der Waals surface area (Å²) in [7, 11) is 0. The molecular weight excluding hydrogens is 320 g/mol. The molecule has 0 spiro atoms. The normalized spacial score (nSPS) is 12.0. The molecule has 2 aromatic heterocycles. The highest BCUT2D eigenvalue weighted by atomic mass is 15.1. The van der Waals surface area contributed by atoms with Crippen LogP contribution in [-0.2, 0) is 0 Å². The zero-order chi connectivity index (χ0) is 18.5. The van der Waals surface area contributed by atoms with Crippen LogP contribution in [0.15, 0.2) is 48.9 Å². The molecule has 4 heteroatoms. The van der Waals surface area contributed by atoms with Crippen molar-refractivity contribution in [2.45, 2.75) is 46.6 Å². The van der Waals surface area contributed by atoms with Gasteiger partial charge in [-0.25, -0.2) is 9.97 Å². The zero-order valence-corrected chi connectivity index (χ0v) is 16.0. The van der Waals surface area contributed by atoms with Gasteiger partial charge in [-0.1, -0.05) is 31.5 Å². The Morgan fingerprint density at radius 2 is 1.85 bits per heavy atom. The van der Waals surface area contributed by atoms with Gasteiger partial charge in [-0.15, -0.1) is 0 Å². The van der Waals surface area contributed by atoms with Crippen LogP contribution in [0.25, 0.3) is 11.4 Å². The summed E-state index contributed by atoms with van der Waals surface area (Å²) in [5, 5.41) is 3.61. The van der Waals surface area contributed by atoms with Crippen molar-refractivity contribution < 1.29 is 0 Å². The third-order valence-corrected chi connectivity index (χ3v) is 4.71. The molecule has 134 valence electrons. The number of aryl methyl sites for hydroxylation is 3. The van der Waals surface area contributed by atoms with Crippen LogP contribution in [0, 0.1) is 20.8 Å². The fraction of sp³-hybridized carbons (Fsp3) is 0.318. The van der Waals surface area contributed by atoms with Gasteiger partial charge in [-0.2, -0.15) is 0 Å². The lowest BCUT2D eigenvalue weighted by Gasteiger charge is -2.20. The summed E-state index contributed by atoms with van der Waals surface area (Å²) < 4.78 is 0. The van der Waals surface area contributed by atoms with Gasteiger partial charge >= 0.3 is 0 Å². The molecule has 0 saturated heterocycles. The van der Waals surface area contributed by atoms with E-state index in [-0.39, 0.29) is 6.04 Å². The maximum absolute atomic E-state index is 4.82. The molecule has 3 rings (SSSR count). The number of pyridine rings is 1. The van der Waals surface area contributed by atoms with Crippen LogP contribution in [0.2, 0.25) is 0 Å².